The van der Waals surface area contributed by atoms with Gasteiger partial charge in [-0.1, -0.05) is 24.8 Å². The molecule has 3 unspecified atom stereocenters. The van der Waals surface area contributed by atoms with Crippen molar-refractivity contribution in [2.45, 2.75) is 19.0 Å². The number of imide groups is 1. The first-order valence-electron chi connectivity index (χ1n) is 8.08. The lowest BCUT2D eigenvalue weighted by Gasteiger charge is -2.42. The van der Waals surface area contributed by atoms with Crippen LogP contribution in [0.15, 0.2) is 48.2 Å². The topological polar surface area (TPSA) is 117 Å². The molecule has 136 valence electrons. The first-order chi connectivity index (χ1) is 12.4. The summed E-state index contributed by atoms with van der Waals surface area (Å²) in [6.45, 7) is 5.22. The molecule has 0 spiro atoms. The molecule has 26 heavy (non-hydrogen) atoms. The average Bonchev–Trinajstić information content (AvgIpc) is 2.58. The van der Waals surface area contributed by atoms with Crippen molar-refractivity contribution in [2.75, 3.05) is 6.61 Å². The zero-order valence-corrected chi connectivity index (χ0v) is 14.1. The van der Waals surface area contributed by atoms with Crippen molar-refractivity contribution in [3.05, 3.63) is 53.8 Å². The Morgan fingerprint density at radius 1 is 1.35 bits per heavy atom. The summed E-state index contributed by atoms with van der Waals surface area (Å²) < 4.78 is 5.18. The van der Waals surface area contributed by atoms with Crippen LogP contribution < -0.4 is 16.0 Å². The number of urea groups is 1. The van der Waals surface area contributed by atoms with Crippen LogP contribution in [0.1, 0.15) is 18.4 Å². The maximum atomic E-state index is 12.6. The van der Waals surface area contributed by atoms with Crippen molar-refractivity contribution in [1.82, 2.24) is 16.0 Å². The minimum absolute atomic E-state index is 0.00861. The molecule has 0 bridgehead atoms. The lowest BCUT2D eigenvalue weighted by atomic mass is 9.74. The van der Waals surface area contributed by atoms with Crippen LogP contribution in [0.3, 0.4) is 0 Å². The first kappa shape index (κ1) is 17.5. The number of benzene rings is 1. The second-order valence-corrected chi connectivity index (χ2v) is 6.11. The van der Waals surface area contributed by atoms with E-state index in [-0.39, 0.29) is 17.9 Å². The molecule has 1 aromatic carbocycles. The largest absolute Gasteiger partial charge is 0.508 e. The molecule has 4 N–H and O–H groups in total. The minimum Gasteiger partial charge on any atom is -0.508 e. The number of ether oxygens (including phenoxy) is 1. The summed E-state index contributed by atoms with van der Waals surface area (Å²) in [7, 11) is 0. The number of allylic oxidation sites excluding steroid dienone is 1. The van der Waals surface area contributed by atoms with Gasteiger partial charge in [-0.2, -0.15) is 0 Å². The fourth-order valence-corrected chi connectivity index (χ4v) is 3.39. The van der Waals surface area contributed by atoms with Crippen molar-refractivity contribution < 1.29 is 24.2 Å². The van der Waals surface area contributed by atoms with Crippen molar-refractivity contribution in [3.63, 3.8) is 0 Å². The molecule has 0 aromatic heterocycles. The summed E-state index contributed by atoms with van der Waals surface area (Å²) in [6.07, 6.45) is 0.767. The van der Waals surface area contributed by atoms with Gasteiger partial charge in [0.1, 0.15) is 18.5 Å². The molecule has 2 aliphatic heterocycles. The molecule has 0 saturated carbocycles. The summed E-state index contributed by atoms with van der Waals surface area (Å²) in [6, 6.07) is 5.72. The summed E-state index contributed by atoms with van der Waals surface area (Å²) in [5.41, 5.74) is 1.33. The van der Waals surface area contributed by atoms with Crippen molar-refractivity contribution in [1.29, 1.82) is 0 Å². The average molecular weight is 357 g/mol. The Labute approximate surface area is 149 Å². The number of phenols is 1. The Bertz CT molecular complexity index is 817. The van der Waals surface area contributed by atoms with E-state index >= 15 is 0 Å². The zero-order valence-electron chi connectivity index (χ0n) is 14.1. The molecule has 3 atom stereocenters. The maximum Gasteiger partial charge on any atom is 0.336 e. The smallest absolute Gasteiger partial charge is 0.336 e. The van der Waals surface area contributed by atoms with E-state index in [2.05, 4.69) is 22.5 Å². The Kier molecular flexibility index (Phi) is 4.66. The Morgan fingerprint density at radius 2 is 2.12 bits per heavy atom. The molecule has 1 aromatic rings. The van der Waals surface area contributed by atoms with E-state index in [0.717, 1.165) is 0 Å². The Balaban J connectivity index is 2.11. The molecule has 2 aliphatic rings. The van der Waals surface area contributed by atoms with E-state index < -0.39 is 35.9 Å². The Morgan fingerprint density at radius 3 is 2.81 bits per heavy atom. The predicted molar refractivity (Wildman–Crippen MR) is 91.8 cm³/mol. The number of hydrogen-bond donors (Lipinski definition) is 4. The van der Waals surface area contributed by atoms with Crippen molar-refractivity contribution >= 4 is 17.9 Å². The number of phenolic OH excluding ortho intramolecular Hbond substituents is 1. The second-order valence-electron chi connectivity index (χ2n) is 6.11. The van der Waals surface area contributed by atoms with Gasteiger partial charge >= 0.3 is 12.0 Å². The monoisotopic (exact) mass is 357 g/mol. The number of amides is 3. The highest BCUT2D eigenvalue weighted by Crippen LogP contribution is 2.40. The first-order valence-corrected chi connectivity index (χ1v) is 8.08. The summed E-state index contributed by atoms with van der Waals surface area (Å²) in [5, 5.41) is 17.7. The summed E-state index contributed by atoms with van der Waals surface area (Å²) >= 11 is 0. The van der Waals surface area contributed by atoms with Crippen molar-refractivity contribution in [2.24, 2.45) is 5.92 Å². The predicted octanol–water partition coefficient (Wildman–Crippen LogP) is 0.864. The molecular formula is C18H19N3O5. The van der Waals surface area contributed by atoms with Gasteiger partial charge in [0.15, 0.2) is 0 Å². The van der Waals surface area contributed by atoms with Gasteiger partial charge in [-0.3, -0.25) is 10.1 Å². The number of fused-ring (bicyclic) bond motifs is 1. The van der Waals surface area contributed by atoms with Crippen LogP contribution >= 0.6 is 0 Å². The van der Waals surface area contributed by atoms with Gasteiger partial charge in [0.05, 0.1) is 11.5 Å². The van der Waals surface area contributed by atoms with Gasteiger partial charge in [0.25, 0.3) is 0 Å². The molecule has 1 saturated heterocycles. The number of esters is 1. The van der Waals surface area contributed by atoms with Crippen LogP contribution in [-0.4, -0.2) is 35.8 Å². The van der Waals surface area contributed by atoms with Crippen LogP contribution in [-0.2, 0) is 14.3 Å². The van der Waals surface area contributed by atoms with E-state index in [1.807, 2.05) is 0 Å². The van der Waals surface area contributed by atoms with Gasteiger partial charge in [-0.15, -0.1) is 0 Å². The van der Waals surface area contributed by atoms with E-state index in [1.54, 1.807) is 19.1 Å². The molecule has 2 heterocycles. The molecule has 0 aliphatic carbocycles. The van der Waals surface area contributed by atoms with Crippen LogP contribution in [0.25, 0.3) is 0 Å². The second kappa shape index (κ2) is 6.91. The highest BCUT2D eigenvalue weighted by Gasteiger charge is 2.48. The number of nitrogens with one attached hydrogen (secondary N) is 3. The van der Waals surface area contributed by atoms with Gasteiger partial charge < -0.3 is 20.5 Å². The molecule has 1 fully saturated rings. The Hall–Kier alpha value is -3.29. The van der Waals surface area contributed by atoms with Gasteiger partial charge in [0.2, 0.25) is 5.91 Å². The lowest BCUT2D eigenvalue weighted by molar-refractivity contribution is -0.139. The summed E-state index contributed by atoms with van der Waals surface area (Å²) in [4.78, 5) is 36.8. The van der Waals surface area contributed by atoms with E-state index in [0.29, 0.717) is 11.3 Å². The third-order valence-corrected chi connectivity index (χ3v) is 4.41. The zero-order chi connectivity index (χ0) is 18.8. The van der Waals surface area contributed by atoms with Gasteiger partial charge in [0, 0.05) is 11.6 Å². The lowest BCUT2D eigenvalue weighted by Crippen LogP contribution is -2.66. The fourth-order valence-electron chi connectivity index (χ4n) is 3.39. The quantitative estimate of drug-likeness (QED) is 0.469. The van der Waals surface area contributed by atoms with E-state index in [4.69, 9.17) is 4.74 Å². The molecule has 3 amide bonds. The minimum atomic E-state index is -0.788. The SMILES string of the molecule is C=CCOC(=O)C1=C(C)NC2NC(=O)NC(=O)C2C1c1cccc(O)c1. The van der Waals surface area contributed by atoms with Crippen LogP contribution in [0, 0.1) is 5.92 Å². The van der Waals surface area contributed by atoms with Crippen LogP contribution in [0.2, 0.25) is 0 Å². The standard InChI is InChI=1S/C18H19N3O5/c1-3-7-26-17(24)12-9(2)19-15-14(16(23)21-18(25)20-15)13(12)10-5-4-6-11(22)8-10/h3-6,8,13-15,19,22H,1,7H2,2H3,(H2,20,21,23,25). The van der Waals surface area contributed by atoms with Crippen LogP contribution in [0.4, 0.5) is 4.79 Å². The molecule has 8 heteroatoms. The molecule has 0 radical (unpaired) electrons. The maximum absolute atomic E-state index is 12.6. The molecule has 3 rings (SSSR count). The fraction of sp³-hybridized carbons (Fsp3) is 0.278. The number of carbonyl (C=O) groups is 3. The highest BCUT2D eigenvalue weighted by molar-refractivity contribution is 6.01. The van der Waals surface area contributed by atoms with Gasteiger partial charge in [-0.05, 0) is 24.6 Å². The highest BCUT2D eigenvalue weighted by atomic mass is 16.5. The number of carbonyl (C=O) groups excluding carboxylic acids is 3. The number of aromatic hydroxyl groups is 1. The van der Waals surface area contributed by atoms with E-state index in [1.165, 1.54) is 18.2 Å². The molecular weight excluding hydrogens is 338 g/mol. The normalized spacial score (nSPS) is 24.7. The van der Waals surface area contributed by atoms with Crippen molar-refractivity contribution in [3.8, 4) is 5.75 Å². The summed E-state index contributed by atoms with van der Waals surface area (Å²) in [5.74, 6) is -2.59. The third-order valence-electron chi connectivity index (χ3n) is 4.41. The van der Waals surface area contributed by atoms with E-state index in [9.17, 15) is 19.5 Å². The number of rotatable bonds is 4. The third kappa shape index (κ3) is 3.13. The van der Waals surface area contributed by atoms with Crippen LogP contribution in [0.5, 0.6) is 5.75 Å². The number of hydrogen-bond acceptors (Lipinski definition) is 6. The van der Waals surface area contributed by atoms with Gasteiger partial charge in [-0.25, -0.2) is 9.59 Å². The molecule has 8 nitrogen and oxygen atoms in total.